The van der Waals surface area contributed by atoms with Gasteiger partial charge in [-0.25, -0.2) is 24.0 Å². The summed E-state index contributed by atoms with van der Waals surface area (Å²) in [5.74, 6) is -11.2. The molecule has 4 rings (SSSR count). The van der Waals surface area contributed by atoms with Crippen molar-refractivity contribution < 1.29 is 62.3 Å². The summed E-state index contributed by atoms with van der Waals surface area (Å²) in [5.41, 5.74) is -1.06. The Balaban J connectivity index is 1.36. The third-order valence-electron chi connectivity index (χ3n) is 6.69. The van der Waals surface area contributed by atoms with Crippen LogP contribution in [0.5, 0.6) is 0 Å². The minimum Gasteiger partial charge on any atom is -0.480 e. The minimum atomic E-state index is -1.94. The summed E-state index contributed by atoms with van der Waals surface area (Å²) in [5, 5.41) is 9.97. The van der Waals surface area contributed by atoms with Crippen LogP contribution in [0.25, 0.3) is 0 Å². The Bertz CT molecular complexity index is 1400. The number of rotatable bonds is 6. The fourth-order valence-electron chi connectivity index (χ4n) is 4.26. The Labute approximate surface area is 239 Å². The fraction of sp³-hybridized carbons (Fsp3) is 0.310. The number of aliphatic hydroxyl groups is 1. The molecule has 0 amide bonds. The second-order valence-electron chi connectivity index (χ2n) is 9.62. The highest BCUT2D eigenvalue weighted by Crippen LogP contribution is 2.45. The normalized spacial score (nSPS) is 29.8. The number of aliphatic hydroxyl groups excluding tert-OH is 1. The molecule has 1 atom stereocenters. The molecule has 3 heterocycles. The number of esters is 5. The molecule has 0 aromatic rings. The molecule has 0 aromatic carbocycles. The van der Waals surface area contributed by atoms with E-state index in [9.17, 15) is 33.9 Å². The van der Waals surface area contributed by atoms with Crippen LogP contribution < -0.4 is 0 Å². The summed E-state index contributed by atoms with van der Waals surface area (Å²) in [7, 11) is 0. The van der Waals surface area contributed by atoms with Crippen LogP contribution in [0.15, 0.2) is 83.9 Å². The Kier molecular flexibility index (Phi) is 8.05. The summed E-state index contributed by atoms with van der Waals surface area (Å²) >= 11 is 0. The highest BCUT2D eigenvalue weighted by Gasteiger charge is 2.56. The lowest BCUT2D eigenvalue weighted by atomic mass is 9.87. The average Bonchev–Trinajstić information content (AvgIpc) is 2.90. The second-order valence-corrected chi connectivity index (χ2v) is 9.62. The fourth-order valence-corrected chi connectivity index (χ4v) is 4.26. The largest absolute Gasteiger partial charge is 0.480 e. The molecule has 1 saturated carbocycles. The molecule has 2 spiro atoms. The van der Waals surface area contributed by atoms with Gasteiger partial charge in [0.15, 0.2) is 0 Å². The van der Waals surface area contributed by atoms with Crippen LogP contribution in [0, 0.1) is 0 Å². The third-order valence-corrected chi connectivity index (χ3v) is 6.69. The highest BCUT2D eigenvalue weighted by molar-refractivity contribution is 6.16. The summed E-state index contributed by atoms with van der Waals surface area (Å²) in [6.07, 6.45) is 11.5. The van der Waals surface area contributed by atoms with Crippen molar-refractivity contribution >= 4 is 35.6 Å². The van der Waals surface area contributed by atoms with E-state index in [0.29, 0.717) is 0 Å². The number of allylic oxidation sites excluding steroid dienone is 8. The van der Waals surface area contributed by atoms with Gasteiger partial charge in [-0.1, -0.05) is 43.0 Å². The van der Waals surface area contributed by atoms with Crippen LogP contribution >= 0.6 is 0 Å². The molecule has 13 nitrogen and oxygen atoms in total. The first-order chi connectivity index (χ1) is 19.8. The number of hydrogen-bond acceptors (Lipinski definition) is 13. The predicted octanol–water partition coefficient (Wildman–Crippen LogP) is 2.51. The highest BCUT2D eigenvalue weighted by atomic mass is 16.8. The van der Waals surface area contributed by atoms with E-state index in [4.69, 9.17) is 28.4 Å². The quantitative estimate of drug-likeness (QED) is 0.159. The first-order valence-corrected chi connectivity index (χ1v) is 12.7. The number of ketones is 1. The van der Waals surface area contributed by atoms with Gasteiger partial charge >= 0.3 is 35.6 Å². The number of cyclic esters (lactones) is 1. The zero-order chi connectivity index (χ0) is 30.7. The van der Waals surface area contributed by atoms with Gasteiger partial charge in [-0.2, -0.15) is 0 Å². The number of Topliss-reactive ketones (excluding diaryl/α,β-unsaturated/α-hetero) is 1. The van der Waals surface area contributed by atoms with Crippen molar-refractivity contribution in [1.29, 1.82) is 0 Å². The van der Waals surface area contributed by atoms with Crippen molar-refractivity contribution in [2.24, 2.45) is 0 Å². The van der Waals surface area contributed by atoms with Crippen LogP contribution in [0.1, 0.15) is 39.5 Å². The standard InChI is InChI=1S/C29H26O13/c1-4-5-7-10-19-23(33)39-28(40-24(19)34)13-15-29(16-14-28)41-25(35)20(26(36)42-29)12-9-6-8-11-18-21(31)37-27(3,17(2)30)38-22(18)32/h4-12,31H,1,13-16H2,2-3H3/b7-5+,9-6+,11-8+,19-10?,20-12?. The summed E-state index contributed by atoms with van der Waals surface area (Å²) in [4.78, 5) is 73.8. The number of ether oxygens (including phenoxy) is 6. The molecule has 13 heteroatoms. The van der Waals surface area contributed by atoms with E-state index in [-0.39, 0.29) is 36.8 Å². The van der Waals surface area contributed by atoms with Gasteiger partial charge in [0.25, 0.3) is 17.5 Å². The van der Waals surface area contributed by atoms with Crippen molar-refractivity contribution in [2.45, 2.75) is 56.9 Å². The monoisotopic (exact) mass is 582 g/mol. The number of carbonyl (C=O) groups is 6. The second kappa shape index (κ2) is 11.4. The van der Waals surface area contributed by atoms with Crippen molar-refractivity contribution in [2.75, 3.05) is 0 Å². The molecular weight excluding hydrogens is 556 g/mol. The maximum absolute atomic E-state index is 12.7. The maximum atomic E-state index is 12.7. The smallest absolute Gasteiger partial charge is 0.349 e. The zero-order valence-corrected chi connectivity index (χ0v) is 22.6. The molecule has 0 bridgehead atoms. The Morgan fingerprint density at radius 3 is 1.55 bits per heavy atom. The van der Waals surface area contributed by atoms with Gasteiger partial charge in [0.05, 0.1) is 0 Å². The van der Waals surface area contributed by atoms with Crippen LogP contribution in [0.4, 0.5) is 0 Å². The van der Waals surface area contributed by atoms with E-state index < -0.39 is 64.5 Å². The predicted molar refractivity (Wildman–Crippen MR) is 138 cm³/mol. The molecule has 1 aliphatic carbocycles. The van der Waals surface area contributed by atoms with E-state index in [0.717, 1.165) is 19.1 Å². The molecule has 0 radical (unpaired) electrons. The van der Waals surface area contributed by atoms with E-state index >= 15 is 0 Å². The first kappa shape index (κ1) is 29.8. The van der Waals surface area contributed by atoms with E-state index in [1.54, 1.807) is 0 Å². The topological polar surface area (TPSA) is 178 Å². The van der Waals surface area contributed by atoms with Crippen molar-refractivity contribution in [1.82, 2.24) is 0 Å². The Hall–Kier alpha value is -5.20. The van der Waals surface area contributed by atoms with Gasteiger partial charge in [-0.15, -0.1) is 0 Å². The number of carbonyl (C=O) groups excluding carboxylic acids is 6. The SMILES string of the molecule is C=C/C=C/C=C1C(=O)OC2(CCC3(CC2)OC(=O)C(=C/C=C/C=C/C2=C(O)OC(C)(C(C)=O)OC2=O)C(=O)O3)OC1=O. The van der Waals surface area contributed by atoms with Crippen LogP contribution in [0.2, 0.25) is 0 Å². The molecule has 4 aliphatic rings. The lowest BCUT2D eigenvalue weighted by molar-refractivity contribution is -0.291. The Morgan fingerprint density at radius 2 is 1.14 bits per heavy atom. The molecule has 1 N–H and O–H groups in total. The molecule has 0 aromatic heterocycles. The van der Waals surface area contributed by atoms with Crippen molar-refractivity contribution in [3.63, 3.8) is 0 Å². The van der Waals surface area contributed by atoms with Gasteiger partial charge in [-0.3, -0.25) is 4.79 Å². The Morgan fingerprint density at radius 1 is 0.690 bits per heavy atom. The lowest BCUT2D eigenvalue weighted by Crippen LogP contribution is -2.56. The molecule has 1 unspecified atom stereocenters. The van der Waals surface area contributed by atoms with Crippen molar-refractivity contribution in [3.05, 3.63) is 83.9 Å². The molecular formula is C29H26O13. The molecule has 2 saturated heterocycles. The van der Waals surface area contributed by atoms with Crippen LogP contribution in [0.3, 0.4) is 0 Å². The molecule has 3 aliphatic heterocycles. The number of hydrogen-bond donors (Lipinski definition) is 1. The van der Waals surface area contributed by atoms with Crippen LogP contribution in [-0.4, -0.2) is 58.1 Å². The van der Waals surface area contributed by atoms with Gasteiger partial charge in [-0.05, 0) is 18.2 Å². The van der Waals surface area contributed by atoms with Gasteiger partial charge in [0.2, 0.25) is 5.78 Å². The third kappa shape index (κ3) is 5.94. The summed E-state index contributed by atoms with van der Waals surface area (Å²) in [6, 6.07) is 0. The average molecular weight is 583 g/mol. The van der Waals surface area contributed by atoms with E-state index in [2.05, 4.69) is 6.58 Å². The summed E-state index contributed by atoms with van der Waals surface area (Å²) in [6.45, 7) is 5.81. The lowest BCUT2D eigenvalue weighted by Gasteiger charge is -2.45. The van der Waals surface area contributed by atoms with E-state index in [1.165, 1.54) is 49.5 Å². The minimum absolute atomic E-state index is 0.0784. The summed E-state index contributed by atoms with van der Waals surface area (Å²) < 4.78 is 31.6. The molecule has 42 heavy (non-hydrogen) atoms. The molecule has 3 fully saturated rings. The molecule has 220 valence electrons. The van der Waals surface area contributed by atoms with E-state index in [1.807, 2.05) is 0 Å². The van der Waals surface area contributed by atoms with Crippen molar-refractivity contribution in [3.8, 4) is 0 Å². The van der Waals surface area contributed by atoms with Crippen LogP contribution in [-0.2, 0) is 57.2 Å². The first-order valence-electron chi connectivity index (χ1n) is 12.7. The maximum Gasteiger partial charge on any atom is 0.349 e. The van der Waals surface area contributed by atoms with Gasteiger partial charge < -0.3 is 33.5 Å². The van der Waals surface area contributed by atoms with Gasteiger partial charge in [0, 0.05) is 39.5 Å². The zero-order valence-electron chi connectivity index (χ0n) is 22.6. The van der Waals surface area contributed by atoms with Gasteiger partial charge in [0.1, 0.15) is 16.7 Å².